The fourth-order valence-corrected chi connectivity index (χ4v) is 1.94. The van der Waals surface area contributed by atoms with Gasteiger partial charge < -0.3 is 15.1 Å². The topological polar surface area (TPSA) is 43.7 Å². The number of aliphatic hydroxyl groups is 2. The molecule has 100 valence electrons. The van der Waals surface area contributed by atoms with Gasteiger partial charge in [0.25, 0.3) is 0 Å². The fourth-order valence-electron chi connectivity index (χ4n) is 1.65. The Hall–Kier alpha value is -0.970. The first kappa shape index (κ1) is 15.1. The molecule has 3 nitrogen and oxygen atoms in total. The van der Waals surface area contributed by atoms with Gasteiger partial charge in [-0.2, -0.15) is 0 Å². The van der Waals surface area contributed by atoms with E-state index in [-0.39, 0.29) is 6.61 Å². The van der Waals surface area contributed by atoms with Gasteiger partial charge in [0, 0.05) is 25.0 Å². The molecule has 1 rings (SSSR count). The Morgan fingerprint density at radius 3 is 2.89 bits per heavy atom. The Balaban J connectivity index is 2.44. The standard InChI is InChI=1S/C14H21NO2S/c1-12-11-13(6-10-18-2)3-7-15(12)8-4-14(17)5-9-16/h3,6-7,10-11,14,16-17H,1,4-5,8-9H2,2H3/b10-6-. The zero-order chi connectivity index (χ0) is 13.4. The first-order chi connectivity index (χ1) is 8.67. The molecule has 0 radical (unpaired) electrons. The van der Waals surface area contributed by atoms with Crippen LogP contribution >= 0.6 is 11.8 Å². The number of rotatable bonds is 7. The summed E-state index contributed by atoms with van der Waals surface area (Å²) in [5.41, 5.74) is 2.05. The van der Waals surface area contributed by atoms with E-state index < -0.39 is 6.10 Å². The molecule has 0 amide bonds. The number of aliphatic hydroxyl groups excluding tert-OH is 2. The minimum Gasteiger partial charge on any atom is -0.396 e. The number of hydrogen-bond acceptors (Lipinski definition) is 4. The van der Waals surface area contributed by atoms with Crippen molar-refractivity contribution >= 4 is 11.8 Å². The van der Waals surface area contributed by atoms with Crippen LogP contribution in [0.3, 0.4) is 0 Å². The summed E-state index contributed by atoms with van der Waals surface area (Å²) >= 11 is 1.66. The average molecular weight is 267 g/mol. The van der Waals surface area contributed by atoms with Gasteiger partial charge in [0.15, 0.2) is 0 Å². The van der Waals surface area contributed by atoms with Gasteiger partial charge in [-0.1, -0.05) is 6.58 Å². The molecule has 4 heteroatoms. The normalized spacial score (nSPS) is 17.4. The Labute approximate surface area is 113 Å². The van der Waals surface area contributed by atoms with Crippen molar-refractivity contribution in [1.29, 1.82) is 0 Å². The molecule has 2 N–H and O–H groups in total. The summed E-state index contributed by atoms with van der Waals surface area (Å²) in [6.07, 6.45) is 10.7. The monoisotopic (exact) mass is 267 g/mol. The average Bonchev–Trinajstić information content (AvgIpc) is 2.35. The van der Waals surface area contributed by atoms with Crippen LogP contribution in [0.4, 0.5) is 0 Å². The number of thioether (sulfide) groups is 1. The highest BCUT2D eigenvalue weighted by molar-refractivity contribution is 8.01. The van der Waals surface area contributed by atoms with Gasteiger partial charge in [0.05, 0.1) is 6.10 Å². The number of allylic oxidation sites excluding steroid dienone is 4. The summed E-state index contributed by atoms with van der Waals surface area (Å²) in [7, 11) is 0. The van der Waals surface area contributed by atoms with Crippen LogP contribution in [0.1, 0.15) is 12.8 Å². The van der Waals surface area contributed by atoms with Crippen molar-refractivity contribution in [3.63, 3.8) is 0 Å². The lowest BCUT2D eigenvalue weighted by molar-refractivity contribution is 0.119. The van der Waals surface area contributed by atoms with E-state index in [2.05, 4.69) is 6.58 Å². The fraction of sp³-hybridized carbons (Fsp3) is 0.429. The number of nitrogens with zero attached hydrogens (tertiary/aromatic N) is 1. The molecule has 0 aromatic carbocycles. The summed E-state index contributed by atoms with van der Waals surface area (Å²) in [5, 5.41) is 20.3. The largest absolute Gasteiger partial charge is 0.396 e. The van der Waals surface area contributed by atoms with Gasteiger partial charge in [-0.15, -0.1) is 11.8 Å². The molecule has 1 aliphatic heterocycles. The van der Waals surface area contributed by atoms with Gasteiger partial charge in [0.2, 0.25) is 0 Å². The molecule has 1 aliphatic rings. The maximum Gasteiger partial charge on any atom is 0.0579 e. The summed E-state index contributed by atoms with van der Waals surface area (Å²) in [6, 6.07) is 0. The van der Waals surface area contributed by atoms with Gasteiger partial charge in [-0.3, -0.25) is 0 Å². The van der Waals surface area contributed by atoms with E-state index in [1.165, 1.54) is 0 Å². The zero-order valence-corrected chi connectivity index (χ0v) is 11.6. The lowest BCUT2D eigenvalue weighted by Gasteiger charge is -2.25. The highest BCUT2D eigenvalue weighted by atomic mass is 32.2. The zero-order valence-electron chi connectivity index (χ0n) is 10.7. The second-order valence-corrected chi connectivity index (χ2v) is 4.88. The van der Waals surface area contributed by atoms with Crippen LogP contribution in [-0.4, -0.2) is 40.6 Å². The Morgan fingerprint density at radius 2 is 2.28 bits per heavy atom. The van der Waals surface area contributed by atoms with Crippen LogP contribution in [0.15, 0.2) is 47.7 Å². The molecule has 0 saturated heterocycles. The van der Waals surface area contributed by atoms with Crippen LogP contribution in [0.2, 0.25) is 0 Å². The predicted molar refractivity (Wildman–Crippen MR) is 78.1 cm³/mol. The molecule has 1 unspecified atom stereocenters. The Bertz CT molecular complexity index is 361. The van der Waals surface area contributed by atoms with Crippen LogP contribution in [0.5, 0.6) is 0 Å². The van der Waals surface area contributed by atoms with E-state index in [9.17, 15) is 5.11 Å². The van der Waals surface area contributed by atoms with Crippen molar-refractivity contribution in [3.05, 3.63) is 47.7 Å². The molecule has 1 atom stereocenters. The third kappa shape index (κ3) is 5.12. The van der Waals surface area contributed by atoms with Gasteiger partial charge in [-0.25, -0.2) is 0 Å². The summed E-state index contributed by atoms with van der Waals surface area (Å²) in [6.45, 7) is 4.75. The van der Waals surface area contributed by atoms with E-state index in [0.717, 1.165) is 11.3 Å². The molecule has 0 saturated carbocycles. The van der Waals surface area contributed by atoms with E-state index in [1.54, 1.807) is 11.8 Å². The highest BCUT2D eigenvalue weighted by Crippen LogP contribution is 2.18. The second-order valence-electron chi connectivity index (χ2n) is 4.14. The Kier molecular flexibility index (Phi) is 6.86. The van der Waals surface area contributed by atoms with Gasteiger partial charge >= 0.3 is 0 Å². The lowest BCUT2D eigenvalue weighted by atomic mass is 10.1. The van der Waals surface area contributed by atoms with Crippen molar-refractivity contribution in [2.24, 2.45) is 0 Å². The third-order valence-corrected chi connectivity index (χ3v) is 3.12. The predicted octanol–water partition coefficient (Wildman–Crippen LogP) is 2.27. The minimum absolute atomic E-state index is 0.0292. The quantitative estimate of drug-likeness (QED) is 0.742. The summed E-state index contributed by atoms with van der Waals surface area (Å²) < 4.78 is 0. The second kappa shape index (κ2) is 8.19. The molecule has 0 spiro atoms. The molecule has 0 fully saturated rings. The first-order valence-corrected chi connectivity index (χ1v) is 7.30. The number of hydrogen-bond donors (Lipinski definition) is 2. The molecule has 0 aliphatic carbocycles. The molecule has 0 bridgehead atoms. The van der Waals surface area contributed by atoms with Crippen molar-refractivity contribution in [3.8, 4) is 0 Å². The van der Waals surface area contributed by atoms with Crippen LogP contribution < -0.4 is 0 Å². The minimum atomic E-state index is -0.446. The SMILES string of the molecule is C=C1C=C(/C=C\SC)C=CN1CCC(O)CCO. The van der Waals surface area contributed by atoms with Crippen LogP contribution in [-0.2, 0) is 0 Å². The van der Waals surface area contributed by atoms with Gasteiger partial charge in [-0.05, 0) is 48.3 Å². The summed E-state index contributed by atoms with van der Waals surface area (Å²) in [5.74, 6) is 0. The highest BCUT2D eigenvalue weighted by Gasteiger charge is 2.10. The molecule has 18 heavy (non-hydrogen) atoms. The maximum absolute atomic E-state index is 9.56. The van der Waals surface area contributed by atoms with E-state index in [0.29, 0.717) is 19.4 Å². The van der Waals surface area contributed by atoms with Crippen molar-refractivity contribution in [2.75, 3.05) is 19.4 Å². The van der Waals surface area contributed by atoms with Crippen molar-refractivity contribution in [1.82, 2.24) is 4.90 Å². The van der Waals surface area contributed by atoms with Crippen molar-refractivity contribution in [2.45, 2.75) is 18.9 Å². The first-order valence-electron chi connectivity index (χ1n) is 6.01. The molecule has 1 heterocycles. The molecule has 0 aromatic heterocycles. The molecular formula is C14H21NO2S. The van der Waals surface area contributed by atoms with Crippen LogP contribution in [0.25, 0.3) is 0 Å². The van der Waals surface area contributed by atoms with E-state index in [1.807, 2.05) is 41.0 Å². The molecule has 0 aromatic rings. The lowest BCUT2D eigenvalue weighted by Crippen LogP contribution is -2.23. The Morgan fingerprint density at radius 1 is 1.50 bits per heavy atom. The molecular weight excluding hydrogens is 246 g/mol. The summed E-state index contributed by atoms with van der Waals surface area (Å²) in [4.78, 5) is 2.01. The van der Waals surface area contributed by atoms with E-state index >= 15 is 0 Å². The smallest absolute Gasteiger partial charge is 0.0579 e. The van der Waals surface area contributed by atoms with Gasteiger partial charge in [0.1, 0.15) is 0 Å². The third-order valence-electron chi connectivity index (χ3n) is 2.71. The van der Waals surface area contributed by atoms with Crippen LogP contribution in [0, 0.1) is 0 Å². The van der Waals surface area contributed by atoms with E-state index in [4.69, 9.17) is 5.11 Å². The van der Waals surface area contributed by atoms with Crippen molar-refractivity contribution < 1.29 is 10.2 Å². The maximum atomic E-state index is 9.56.